The molecule has 17 heavy (non-hydrogen) atoms. The molecule has 2 aromatic rings. The van der Waals surface area contributed by atoms with Crippen LogP contribution in [0.4, 0.5) is 0 Å². The van der Waals surface area contributed by atoms with Gasteiger partial charge in [-0.1, -0.05) is 35.9 Å². The SMILES string of the molecule is O=C(Cc1cccc(O)c1)c1ccccc1Cl. The van der Waals surface area contributed by atoms with Gasteiger partial charge in [0.2, 0.25) is 0 Å². The summed E-state index contributed by atoms with van der Waals surface area (Å²) >= 11 is 5.95. The second-order valence-corrected chi connectivity index (χ2v) is 4.16. The number of carbonyl (C=O) groups excluding carboxylic acids is 1. The monoisotopic (exact) mass is 246 g/mol. The van der Waals surface area contributed by atoms with E-state index in [4.69, 9.17) is 11.6 Å². The predicted molar refractivity (Wildman–Crippen MR) is 67.6 cm³/mol. The van der Waals surface area contributed by atoms with Crippen LogP contribution in [0.5, 0.6) is 5.75 Å². The van der Waals surface area contributed by atoms with Gasteiger partial charge in [-0.15, -0.1) is 0 Å². The summed E-state index contributed by atoms with van der Waals surface area (Å²) in [5.41, 5.74) is 1.28. The molecule has 0 amide bonds. The Morgan fingerprint density at radius 3 is 2.59 bits per heavy atom. The third kappa shape index (κ3) is 2.86. The molecule has 2 nitrogen and oxygen atoms in total. The van der Waals surface area contributed by atoms with Crippen LogP contribution in [-0.2, 0) is 6.42 Å². The van der Waals surface area contributed by atoms with E-state index < -0.39 is 0 Å². The number of halogens is 1. The Balaban J connectivity index is 2.20. The van der Waals surface area contributed by atoms with Crippen molar-refractivity contribution in [3.63, 3.8) is 0 Å². The van der Waals surface area contributed by atoms with Gasteiger partial charge in [0.1, 0.15) is 5.75 Å². The zero-order valence-corrected chi connectivity index (χ0v) is 9.82. The van der Waals surface area contributed by atoms with Gasteiger partial charge >= 0.3 is 0 Å². The molecule has 2 aromatic carbocycles. The molecule has 0 unspecified atom stereocenters. The molecule has 1 N–H and O–H groups in total. The van der Waals surface area contributed by atoms with Crippen LogP contribution in [0, 0.1) is 0 Å². The van der Waals surface area contributed by atoms with Crippen molar-refractivity contribution in [1.82, 2.24) is 0 Å². The summed E-state index contributed by atoms with van der Waals surface area (Å²) in [4.78, 5) is 12.0. The van der Waals surface area contributed by atoms with Gasteiger partial charge in [0.05, 0.1) is 5.02 Å². The van der Waals surface area contributed by atoms with Gasteiger partial charge in [-0.3, -0.25) is 4.79 Å². The van der Waals surface area contributed by atoms with Gasteiger partial charge in [-0.05, 0) is 29.8 Å². The quantitative estimate of drug-likeness (QED) is 0.842. The summed E-state index contributed by atoms with van der Waals surface area (Å²) in [6.07, 6.45) is 0.234. The molecule has 0 aliphatic carbocycles. The Morgan fingerprint density at radius 1 is 1.12 bits per heavy atom. The van der Waals surface area contributed by atoms with Crippen molar-refractivity contribution in [1.29, 1.82) is 0 Å². The average molecular weight is 247 g/mol. The highest BCUT2D eigenvalue weighted by molar-refractivity contribution is 6.34. The van der Waals surface area contributed by atoms with Gasteiger partial charge in [-0.25, -0.2) is 0 Å². The Kier molecular flexibility index (Phi) is 3.45. The smallest absolute Gasteiger partial charge is 0.168 e. The van der Waals surface area contributed by atoms with E-state index in [9.17, 15) is 9.90 Å². The van der Waals surface area contributed by atoms with Crippen molar-refractivity contribution in [2.75, 3.05) is 0 Å². The lowest BCUT2D eigenvalue weighted by Crippen LogP contribution is -2.03. The number of hydrogen-bond acceptors (Lipinski definition) is 2. The van der Waals surface area contributed by atoms with E-state index >= 15 is 0 Å². The maximum atomic E-state index is 12.0. The highest BCUT2D eigenvalue weighted by atomic mass is 35.5. The highest BCUT2D eigenvalue weighted by Crippen LogP contribution is 2.18. The van der Waals surface area contributed by atoms with Gasteiger partial charge in [0, 0.05) is 12.0 Å². The Hall–Kier alpha value is -1.80. The highest BCUT2D eigenvalue weighted by Gasteiger charge is 2.10. The van der Waals surface area contributed by atoms with Crippen LogP contribution in [0.25, 0.3) is 0 Å². The first-order valence-corrected chi connectivity index (χ1v) is 5.60. The first kappa shape index (κ1) is 11.7. The van der Waals surface area contributed by atoms with E-state index in [1.165, 1.54) is 0 Å². The number of hydrogen-bond donors (Lipinski definition) is 1. The minimum atomic E-state index is -0.0544. The largest absolute Gasteiger partial charge is 0.508 e. The molecule has 0 aromatic heterocycles. The van der Waals surface area contributed by atoms with Crippen LogP contribution in [0.15, 0.2) is 48.5 Å². The normalized spacial score (nSPS) is 10.2. The number of rotatable bonds is 3. The molecule has 0 bridgehead atoms. The van der Waals surface area contributed by atoms with Crippen LogP contribution in [0.1, 0.15) is 15.9 Å². The van der Waals surface area contributed by atoms with E-state index in [1.807, 2.05) is 0 Å². The number of phenolic OH excluding ortho intramolecular Hbond substituents is 1. The van der Waals surface area contributed by atoms with Gasteiger partial charge in [0.15, 0.2) is 5.78 Å². The average Bonchev–Trinajstić information content (AvgIpc) is 2.29. The van der Waals surface area contributed by atoms with Crippen molar-refractivity contribution in [3.05, 3.63) is 64.7 Å². The summed E-state index contributed by atoms with van der Waals surface area (Å²) < 4.78 is 0. The number of aromatic hydroxyl groups is 1. The molecule has 2 rings (SSSR count). The molecule has 0 saturated carbocycles. The van der Waals surface area contributed by atoms with Crippen molar-refractivity contribution in [2.24, 2.45) is 0 Å². The minimum absolute atomic E-state index is 0.0544. The van der Waals surface area contributed by atoms with Crippen molar-refractivity contribution in [3.8, 4) is 5.75 Å². The molecule has 0 radical (unpaired) electrons. The molecule has 0 saturated heterocycles. The molecule has 0 aliphatic heterocycles. The van der Waals surface area contributed by atoms with Gasteiger partial charge < -0.3 is 5.11 Å². The third-order valence-electron chi connectivity index (χ3n) is 2.45. The standard InChI is InChI=1S/C14H11ClO2/c15-13-7-2-1-6-12(13)14(17)9-10-4-3-5-11(16)8-10/h1-8,16H,9H2. The maximum Gasteiger partial charge on any atom is 0.168 e. The summed E-state index contributed by atoms with van der Waals surface area (Å²) in [5, 5.41) is 9.77. The molecular weight excluding hydrogens is 236 g/mol. The summed E-state index contributed by atoms with van der Waals surface area (Å²) in [6.45, 7) is 0. The number of phenols is 1. The molecule has 0 aliphatic rings. The van der Waals surface area contributed by atoms with Crippen molar-refractivity contribution < 1.29 is 9.90 Å². The number of ketones is 1. The fourth-order valence-electron chi connectivity index (χ4n) is 1.63. The molecule has 0 fully saturated rings. The van der Waals surface area contributed by atoms with E-state index in [0.29, 0.717) is 10.6 Å². The van der Waals surface area contributed by atoms with Crippen molar-refractivity contribution in [2.45, 2.75) is 6.42 Å². The summed E-state index contributed by atoms with van der Waals surface area (Å²) in [7, 11) is 0. The zero-order valence-electron chi connectivity index (χ0n) is 9.06. The zero-order chi connectivity index (χ0) is 12.3. The molecule has 0 spiro atoms. The van der Waals surface area contributed by atoms with E-state index in [0.717, 1.165) is 5.56 Å². The molecular formula is C14H11ClO2. The molecule has 86 valence electrons. The van der Waals surface area contributed by atoms with E-state index in [2.05, 4.69) is 0 Å². The maximum absolute atomic E-state index is 12.0. The second-order valence-electron chi connectivity index (χ2n) is 3.75. The van der Waals surface area contributed by atoms with Crippen molar-refractivity contribution >= 4 is 17.4 Å². The topological polar surface area (TPSA) is 37.3 Å². The molecule has 0 heterocycles. The first-order valence-electron chi connectivity index (χ1n) is 5.22. The first-order chi connectivity index (χ1) is 8.16. The fourth-order valence-corrected chi connectivity index (χ4v) is 1.88. The van der Waals surface area contributed by atoms with Crippen LogP contribution < -0.4 is 0 Å². The lowest BCUT2D eigenvalue weighted by atomic mass is 10.0. The van der Waals surface area contributed by atoms with Crippen LogP contribution in [0.3, 0.4) is 0 Å². The number of Topliss-reactive ketones (excluding diaryl/α,β-unsaturated/α-hetero) is 1. The fraction of sp³-hybridized carbons (Fsp3) is 0.0714. The number of benzene rings is 2. The number of carbonyl (C=O) groups is 1. The predicted octanol–water partition coefficient (Wildman–Crippen LogP) is 3.47. The lowest BCUT2D eigenvalue weighted by Gasteiger charge is -2.03. The Labute approximate surface area is 104 Å². The summed E-state index contributed by atoms with van der Waals surface area (Å²) in [6, 6.07) is 13.6. The Morgan fingerprint density at radius 2 is 1.88 bits per heavy atom. The van der Waals surface area contributed by atoms with Crippen LogP contribution >= 0.6 is 11.6 Å². The van der Waals surface area contributed by atoms with Crippen LogP contribution in [0.2, 0.25) is 5.02 Å². The second kappa shape index (κ2) is 5.02. The van der Waals surface area contributed by atoms with E-state index in [1.54, 1.807) is 48.5 Å². The van der Waals surface area contributed by atoms with Gasteiger partial charge in [-0.2, -0.15) is 0 Å². The van der Waals surface area contributed by atoms with Crippen LogP contribution in [-0.4, -0.2) is 10.9 Å². The third-order valence-corrected chi connectivity index (χ3v) is 2.78. The summed E-state index contributed by atoms with van der Waals surface area (Å²) in [5.74, 6) is 0.107. The Bertz CT molecular complexity index is 549. The minimum Gasteiger partial charge on any atom is -0.508 e. The molecule has 3 heteroatoms. The van der Waals surface area contributed by atoms with E-state index in [-0.39, 0.29) is 18.0 Å². The molecule has 0 atom stereocenters. The lowest BCUT2D eigenvalue weighted by molar-refractivity contribution is 0.0993. The van der Waals surface area contributed by atoms with Gasteiger partial charge in [0.25, 0.3) is 0 Å².